The molecule has 1 saturated heterocycles. The maximum atomic E-state index is 12.1. The van der Waals surface area contributed by atoms with Crippen molar-refractivity contribution >= 4 is 30.7 Å². The fourth-order valence-electron chi connectivity index (χ4n) is 2.26. The number of hydrogen-bond donors (Lipinski definition) is 1. The van der Waals surface area contributed by atoms with E-state index in [4.69, 9.17) is 5.73 Å². The van der Waals surface area contributed by atoms with E-state index in [-0.39, 0.29) is 42.7 Å². The summed E-state index contributed by atoms with van der Waals surface area (Å²) in [5.41, 5.74) is 5.77. The van der Waals surface area contributed by atoms with Gasteiger partial charge in [0.2, 0.25) is 5.91 Å². The Kier molecular flexibility index (Phi) is 7.52. The molecule has 0 bridgehead atoms. The van der Waals surface area contributed by atoms with Crippen molar-refractivity contribution in [3.8, 4) is 0 Å². The van der Waals surface area contributed by atoms with E-state index in [2.05, 4.69) is 4.90 Å². The number of carbonyl (C=O) groups excluding carboxylic acids is 1. The maximum Gasteiger partial charge on any atom is 0.227 e. The lowest BCUT2D eigenvalue weighted by Crippen LogP contribution is -2.52. The largest absolute Gasteiger partial charge is 0.340 e. The molecule has 2 atom stereocenters. The fraction of sp³-hybridized carbons (Fsp3) is 0.917. The summed E-state index contributed by atoms with van der Waals surface area (Å²) in [7, 11) is 0. The van der Waals surface area contributed by atoms with Gasteiger partial charge in [-0.2, -0.15) is 0 Å². The Morgan fingerprint density at radius 3 is 2.00 bits per heavy atom. The van der Waals surface area contributed by atoms with Gasteiger partial charge in [0, 0.05) is 38.3 Å². The zero-order valence-electron chi connectivity index (χ0n) is 11.2. The molecule has 1 heterocycles. The van der Waals surface area contributed by atoms with E-state index in [9.17, 15) is 4.79 Å². The van der Waals surface area contributed by atoms with Crippen LogP contribution in [0.5, 0.6) is 0 Å². The van der Waals surface area contributed by atoms with Crippen molar-refractivity contribution in [1.82, 2.24) is 9.80 Å². The molecule has 2 aliphatic rings. The fourth-order valence-corrected chi connectivity index (χ4v) is 2.26. The summed E-state index contributed by atoms with van der Waals surface area (Å²) >= 11 is 0. The van der Waals surface area contributed by atoms with E-state index >= 15 is 0 Å². The summed E-state index contributed by atoms with van der Waals surface area (Å²) in [6, 6.07) is 0.775. The average Bonchev–Trinajstić information content (AvgIpc) is 3.11. The Morgan fingerprint density at radius 2 is 1.61 bits per heavy atom. The normalized spacial score (nSPS) is 23.6. The monoisotopic (exact) mass is 297 g/mol. The van der Waals surface area contributed by atoms with Gasteiger partial charge in [-0.1, -0.05) is 6.92 Å². The molecule has 2 unspecified atom stereocenters. The van der Waals surface area contributed by atoms with Crippen molar-refractivity contribution < 1.29 is 4.79 Å². The smallest absolute Gasteiger partial charge is 0.227 e. The summed E-state index contributed by atoms with van der Waals surface area (Å²) in [5, 5.41) is 0. The Balaban J connectivity index is 0.00000144. The molecule has 1 aliphatic carbocycles. The number of hydrogen-bond acceptors (Lipinski definition) is 3. The molecule has 18 heavy (non-hydrogen) atoms. The van der Waals surface area contributed by atoms with Crippen LogP contribution < -0.4 is 5.73 Å². The molecule has 0 aromatic carbocycles. The zero-order chi connectivity index (χ0) is 11.7. The Bertz CT molecular complexity index is 264. The maximum absolute atomic E-state index is 12.1. The molecule has 2 fully saturated rings. The van der Waals surface area contributed by atoms with Gasteiger partial charge in [-0.3, -0.25) is 9.69 Å². The molecule has 0 radical (unpaired) electrons. The lowest BCUT2D eigenvalue weighted by Gasteiger charge is -2.36. The highest BCUT2D eigenvalue weighted by atomic mass is 35.5. The van der Waals surface area contributed by atoms with E-state index in [0.717, 1.165) is 32.2 Å². The van der Waals surface area contributed by atoms with Crippen LogP contribution in [0, 0.1) is 5.92 Å². The highest BCUT2D eigenvalue weighted by Crippen LogP contribution is 2.27. The van der Waals surface area contributed by atoms with Crippen molar-refractivity contribution in [1.29, 1.82) is 0 Å². The van der Waals surface area contributed by atoms with E-state index in [1.54, 1.807) is 0 Å². The standard InChI is InChI=1S/C12H23N3O.2ClH/c1-9(10(2)13)12(16)15-7-5-14(6-8-15)11-3-4-11;;/h9-11H,3-8,13H2,1-2H3;2*1H. The van der Waals surface area contributed by atoms with Crippen molar-refractivity contribution in [3.05, 3.63) is 0 Å². The molecule has 0 aromatic heterocycles. The van der Waals surface area contributed by atoms with Gasteiger partial charge in [0.05, 0.1) is 5.92 Å². The first-order valence-electron chi connectivity index (χ1n) is 6.38. The van der Waals surface area contributed by atoms with Crippen LogP contribution in [-0.2, 0) is 4.79 Å². The lowest BCUT2D eigenvalue weighted by atomic mass is 10.0. The number of nitrogens with zero attached hydrogens (tertiary/aromatic N) is 2. The van der Waals surface area contributed by atoms with Crippen molar-refractivity contribution in [2.75, 3.05) is 26.2 Å². The van der Waals surface area contributed by atoms with Crippen molar-refractivity contribution in [3.63, 3.8) is 0 Å². The molecule has 1 amide bonds. The van der Waals surface area contributed by atoms with Crippen LogP contribution in [0.3, 0.4) is 0 Å². The number of amides is 1. The molecule has 0 spiro atoms. The van der Waals surface area contributed by atoms with Crippen LogP contribution in [0.15, 0.2) is 0 Å². The number of rotatable bonds is 3. The molecule has 1 saturated carbocycles. The highest BCUT2D eigenvalue weighted by Gasteiger charge is 2.33. The second-order valence-corrected chi connectivity index (χ2v) is 5.24. The first-order valence-corrected chi connectivity index (χ1v) is 6.38. The van der Waals surface area contributed by atoms with Gasteiger partial charge < -0.3 is 10.6 Å². The van der Waals surface area contributed by atoms with Crippen LogP contribution in [0.25, 0.3) is 0 Å². The van der Waals surface area contributed by atoms with Gasteiger partial charge in [0.15, 0.2) is 0 Å². The van der Waals surface area contributed by atoms with E-state index in [0.29, 0.717) is 0 Å². The molecule has 4 nitrogen and oxygen atoms in total. The summed E-state index contributed by atoms with van der Waals surface area (Å²) in [6.45, 7) is 7.69. The Morgan fingerprint density at radius 1 is 1.11 bits per heavy atom. The zero-order valence-corrected chi connectivity index (χ0v) is 12.8. The number of piperazine rings is 1. The minimum absolute atomic E-state index is 0. The molecular weight excluding hydrogens is 273 g/mol. The molecule has 6 heteroatoms. The van der Waals surface area contributed by atoms with Gasteiger partial charge >= 0.3 is 0 Å². The van der Waals surface area contributed by atoms with Crippen molar-refractivity contribution in [2.45, 2.75) is 38.8 Å². The second-order valence-electron chi connectivity index (χ2n) is 5.24. The van der Waals surface area contributed by atoms with Crippen LogP contribution in [0.1, 0.15) is 26.7 Å². The number of halogens is 2. The van der Waals surface area contributed by atoms with E-state index in [1.807, 2.05) is 18.7 Å². The minimum atomic E-state index is -0.0486. The summed E-state index contributed by atoms with van der Waals surface area (Å²) in [6.07, 6.45) is 2.70. The molecule has 108 valence electrons. The summed E-state index contributed by atoms with van der Waals surface area (Å²) in [4.78, 5) is 16.6. The van der Waals surface area contributed by atoms with E-state index in [1.165, 1.54) is 12.8 Å². The average molecular weight is 298 g/mol. The first kappa shape index (κ1) is 18.0. The number of carbonyl (C=O) groups is 1. The third kappa shape index (κ3) is 4.26. The quantitative estimate of drug-likeness (QED) is 0.849. The third-order valence-corrected chi connectivity index (χ3v) is 3.87. The summed E-state index contributed by atoms with van der Waals surface area (Å²) in [5.74, 6) is 0.179. The molecular formula is C12H25Cl2N3O. The topological polar surface area (TPSA) is 49.6 Å². The molecule has 2 N–H and O–H groups in total. The van der Waals surface area contributed by atoms with Crippen molar-refractivity contribution in [2.24, 2.45) is 11.7 Å². The first-order chi connectivity index (χ1) is 7.59. The molecule has 2 rings (SSSR count). The lowest BCUT2D eigenvalue weighted by molar-refractivity contribution is -0.137. The van der Waals surface area contributed by atoms with Gasteiger partial charge in [-0.05, 0) is 19.8 Å². The van der Waals surface area contributed by atoms with Gasteiger partial charge in [0.1, 0.15) is 0 Å². The predicted molar refractivity (Wildman–Crippen MR) is 78.5 cm³/mol. The molecule has 0 aromatic rings. The Labute approximate surface area is 122 Å². The van der Waals surface area contributed by atoms with Gasteiger partial charge in [-0.25, -0.2) is 0 Å². The highest BCUT2D eigenvalue weighted by molar-refractivity contribution is 5.85. The third-order valence-electron chi connectivity index (χ3n) is 3.87. The van der Waals surface area contributed by atoms with Gasteiger partial charge in [0.25, 0.3) is 0 Å². The van der Waals surface area contributed by atoms with Gasteiger partial charge in [-0.15, -0.1) is 24.8 Å². The number of nitrogens with two attached hydrogens (primary N) is 1. The van der Waals surface area contributed by atoms with Crippen LogP contribution >= 0.6 is 24.8 Å². The Hall–Kier alpha value is -0.0300. The van der Waals surface area contributed by atoms with E-state index < -0.39 is 0 Å². The predicted octanol–water partition coefficient (Wildman–Crippen LogP) is 1.12. The second kappa shape index (κ2) is 7.53. The minimum Gasteiger partial charge on any atom is -0.340 e. The van der Waals surface area contributed by atoms with Crippen LogP contribution in [0.2, 0.25) is 0 Å². The SMILES string of the molecule is CC(N)C(C)C(=O)N1CCN(C2CC2)CC1.Cl.Cl. The molecule has 1 aliphatic heterocycles. The van der Waals surface area contributed by atoms with Crippen LogP contribution in [-0.4, -0.2) is 54.0 Å². The van der Waals surface area contributed by atoms with Crippen LogP contribution in [0.4, 0.5) is 0 Å². The summed E-state index contributed by atoms with van der Waals surface area (Å²) < 4.78 is 0.